The van der Waals surface area contributed by atoms with Crippen molar-refractivity contribution in [3.63, 3.8) is 0 Å². The summed E-state index contributed by atoms with van der Waals surface area (Å²) in [5.41, 5.74) is 2.09. The molecule has 2 rings (SSSR count). The molecule has 112 valence electrons. The van der Waals surface area contributed by atoms with Gasteiger partial charge in [-0.15, -0.1) is 0 Å². The lowest BCUT2D eigenvalue weighted by Gasteiger charge is -2.20. The maximum Gasteiger partial charge on any atom is 0.126 e. The van der Waals surface area contributed by atoms with Gasteiger partial charge in [-0.1, -0.05) is 51.1 Å². The summed E-state index contributed by atoms with van der Waals surface area (Å²) in [5.74, 6) is 0.0666. The van der Waals surface area contributed by atoms with Crippen LogP contribution in [-0.4, -0.2) is 11.7 Å². The van der Waals surface area contributed by atoms with Gasteiger partial charge in [0.15, 0.2) is 0 Å². The van der Waals surface area contributed by atoms with E-state index in [9.17, 15) is 9.50 Å². The van der Waals surface area contributed by atoms with Crippen molar-refractivity contribution in [2.24, 2.45) is 0 Å². The van der Waals surface area contributed by atoms with Crippen molar-refractivity contribution in [1.29, 1.82) is 0 Å². The maximum absolute atomic E-state index is 13.0. The van der Waals surface area contributed by atoms with Crippen LogP contribution >= 0.6 is 0 Å². The quantitative estimate of drug-likeness (QED) is 0.912. The van der Waals surface area contributed by atoms with Gasteiger partial charge in [0.2, 0.25) is 0 Å². The zero-order chi connectivity index (χ0) is 15.5. The van der Waals surface area contributed by atoms with E-state index in [2.05, 4.69) is 20.8 Å². The molecule has 0 spiro atoms. The highest BCUT2D eigenvalue weighted by atomic mass is 19.1. The summed E-state index contributed by atoms with van der Waals surface area (Å²) in [6.07, 6.45) is -0.734. The van der Waals surface area contributed by atoms with Crippen LogP contribution in [0.2, 0.25) is 0 Å². The standard InChI is InChI=1S/C18H21FO2/c1-18(2,3)14-9-7-13(8-10-14)17(20)12-21-16-6-4-5-15(19)11-16/h4-11,17,20H,12H2,1-3H3. The van der Waals surface area contributed by atoms with Gasteiger partial charge in [-0.3, -0.25) is 0 Å². The van der Waals surface area contributed by atoms with E-state index in [1.54, 1.807) is 12.1 Å². The van der Waals surface area contributed by atoms with Crippen LogP contribution in [0.3, 0.4) is 0 Å². The summed E-state index contributed by atoms with van der Waals surface area (Å²) in [6, 6.07) is 13.7. The molecule has 0 heterocycles. The first-order valence-corrected chi connectivity index (χ1v) is 7.03. The highest BCUT2D eigenvalue weighted by Crippen LogP contribution is 2.24. The van der Waals surface area contributed by atoms with E-state index >= 15 is 0 Å². The summed E-state index contributed by atoms with van der Waals surface area (Å²) in [7, 11) is 0. The molecule has 0 fully saturated rings. The van der Waals surface area contributed by atoms with E-state index in [1.165, 1.54) is 17.7 Å². The number of hydrogen-bond donors (Lipinski definition) is 1. The second kappa shape index (κ2) is 6.27. The van der Waals surface area contributed by atoms with Crippen molar-refractivity contribution in [3.8, 4) is 5.75 Å². The van der Waals surface area contributed by atoms with Crippen LogP contribution in [0.1, 0.15) is 38.0 Å². The Balaban J connectivity index is 1.99. The molecule has 0 saturated carbocycles. The van der Waals surface area contributed by atoms with Gasteiger partial charge in [-0.25, -0.2) is 4.39 Å². The highest BCUT2D eigenvalue weighted by molar-refractivity contribution is 5.29. The predicted molar refractivity (Wildman–Crippen MR) is 82.0 cm³/mol. The molecule has 1 N–H and O–H groups in total. The monoisotopic (exact) mass is 288 g/mol. The van der Waals surface area contributed by atoms with Crippen LogP contribution in [0, 0.1) is 5.82 Å². The Morgan fingerprint density at radius 1 is 1.10 bits per heavy atom. The van der Waals surface area contributed by atoms with Crippen LogP contribution in [0.15, 0.2) is 48.5 Å². The van der Waals surface area contributed by atoms with E-state index in [-0.39, 0.29) is 17.8 Å². The number of aliphatic hydroxyl groups is 1. The molecule has 3 heteroatoms. The van der Waals surface area contributed by atoms with Gasteiger partial charge in [0.05, 0.1) is 0 Å². The smallest absolute Gasteiger partial charge is 0.126 e. The van der Waals surface area contributed by atoms with E-state index < -0.39 is 6.10 Å². The van der Waals surface area contributed by atoms with E-state index in [0.29, 0.717) is 5.75 Å². The second-order valence-corrected chi connectivity index (χ2v) is 6.16. The van der Waals surface area contributed by atoms with Crippen LogP contribution < -0.4 is 4.74 Å². The number of rotatable bonds is 4. The fourth-order valence-electron chi connectivity index (χ4n) is 2.03. The molecule has 0 aliphatic rings. The van der Waals surface area contributed by atoms with Gasteiger partial charge in [-0.2, -0.15) is 0 Å². The Labute approximate surface area is 125 Å². The zero-order valence-corrected chi connectivity index (χ0v) is 12.6. The van der Waals surface area contributed by atoms with Crippen molar-refractivity contribution in [3.05, 3.63) is 65.5 Å². The van der Waals surface area contributed by atoms with Gasteiger partial charge in [0, 0.05) is 6.07 Å². The SMILES string of the molecule is CC(C)(C)c1ccc(C(O)COc2cccc(F)c2)cc1. The normalized spacial score (nSPS) is 13.0. The van der Waals surface area contributed by atoms with Crippen molar-refractivity contribution in [2.75, 3.05) is 6.61 Å². The van der Waals surface area contributed by atoms with Crippen molar-refractivity contribution in [2.45, 2.75) is 32.3 Å². The van der Waals surface area contributed by atoms with E-state index in [4.69, 9.17) is 4.74 Å². The van der Waals surface area contributed by atoms with Gasteiger partial charge in [-0.05, 0) is 28.7 Å². The fourth-order valence-corrected chi connectivity index (χ4v) is 2.03. The van der Waals surface area contributed by atoms with Gasteiger partial charge < -0.3 is 9.84 Å². The Kier molecular flexibility index (Phi) is 4.63. The lowest BCUT2D eigenvalue weighted by molar-refractivity contribution is 0.108. The Hall–Kier alpha value is -1.87. The predicted octanol–water partition coefficient (Wildman–Crippen LogP) is 4.24. The molecule has 0 saturated heterocycles. The van der Waals surface area contributed by atoms with Crippen molar-refractivity contribution in [1.82, 2.24) is 0 Å². The average molecular weight is 288 g/mol. The summed E-state index contributed by atoms with van der Waals surface area (Å²) in [4.78, 5) is 0. The Morgan fingerprint density at radius 2 is 1.76 bits per heavy atom. The molecule has 2 aromatic carbocycles. The molecule has 21 heavy (non-hydrogen) atoms. The van der Waals surface area contributed by atoms with Gasteiger partial charge >= 0.3 is 0 Å². The largest absolute Gasteiger partial charge is 0.490 e. The molecular weight excluding hydrogens is 267 g/mol. The molecule has 0 bridgehead atoms. The summed E-state index contributed by atoms with van der Waals surface area (Å²) >= 11 is 0. The van der Waals surface area contributed by atoms with Gasteiger partial charge in [0.25, 0.3) is 0 Å². The Bertz CT molecular complexity index is 585. The van der Waals surface area contributed by atoms with Crippen molar-refractivity contribution < 1.29 is 14.2 Å². The molecule has 0 radical (unpaired) electrons. The third-order valence-electron chi connectivity index (χ3n) is 3.37. The molecule has 0 aliphatic heterocycles. The number of aliphatic hydroxyl groups excluding tert-OH is 1. The minimum Gasteiger partial charge on any atom is -0.490 e. The Morgan fingerprint density at radius 3 is 2.33 bits per heavy atom. The minimum absolute atomic E-state index is 0.0849. The molecule has 0 aromatic heterocycles. The lowest BCUT2D eigenvalue weighted by Crippen LogP contribution is -2.13. The molecule has 0 aliphatic carbocycles. The molecule has 2 nitrogen and oxygen atoms in total. The highest BCUT2D eigenvalue weighted by Gasteiger charge is 2.15. The van der Waals surface area contributed by atoms with Crippen LogP contribution in [-0.2, 0) is 5.41 Å². The molecule has 2 aromatic rings. The second-order valence-electron chi connectivity index (χ2n) is 6.16. The first kappa shape index (κ1) is 15.5. The molecule has 0 amide bonds. The van der Waals surface area contributed by atoms with Crippen molar-refractivity contribution >= 4 is 0 Å². The zero-order valence-electron chi connectivity index (χ0n) is 12.6. The average Bonchev–Trinajstić information content (AvgIpc) is 2.44. The van der Waals surface area contributed by atoms with E-state index in [0.717, 1.165) is 5.56 Å². The molecule has 1 atom stereocenters. The summed E-state index contributed by atoms with van der Waals surface area (Å²) in [5, 5.41) is 10.1. The minimum atomic E-state index is -0.734. The third-order valence-corrected chi connectivity index (χ3v) is 3.37. The topological polar surface area (TPSA) is 29.5 Å². The first-order valence-electron chi connectivity index (χ1n) is 7.03. The number of ether oxygens (including phenoxy) is 1. The number of hydrogen-bond acceptors (Lipinski definition) is 2. The lowest BCUT2D eigenvalue weighted by atomic mass is 9.86. The third kappa shape index (κ3) is 4.30. The van der Waals surface area contributed by atoms with Crippen LogP contribution in [0.4, 0.5) is 4.39 Å². The fraction of sp³-hybridized carbons (Fsp3) is 0.333. The number of halogens is 1. The maximum atomic E-state index is 13.0. The van der Waals surface area contributed by atoms with E-state index in [1.807, 2.05) is 24.3 Å². The van der Waals surface area contributed by atoms with Crippen LogP contribution in [0.25, 0.3) is 0 Å². The summed E-state index contributed by atoms with van der Waals surface area (Å²) in [6.45, 7) is 6.53. The first-order chi connectivity index (χ1) is 9.86. The number of benzene rings is 2. The molecule has 1 unspecified atom stereocenters. The van der Waals surface area contributed by atoms with Crippen LogP contribution in [0.5, 0.6) is 5.75 Å². The summed E-state index contributed by atoms with van der Waals surface area (Å²) < 4.78 is 18.4. The van der Waals surface area contributed by atoms with Gasteiger partial charge in [0.1, 0.15) is 24.3 Å². The molecular formula is C18H21FO2.